The molecule has 0 N–H and O–H groups in total. The van der Waals surface area contributed by atoms with Gasteiger partial charge in [-0.3, -0.25) is 4.79 Å². The molecule has 1 amide bonds. The third-order valence-corrected chi connectivity index (χ3v) is 21.9. The number of carbonyl (C=O) groups is 1. The van der Waals surface area contributed by atoms with Gasteiger partial charge in [-0.25, -0.2) is 0 Å². The fraction of sp³-hybridized carbons (Fsp3) is 0.545. The third kappa shape index (κ3) is 10.1. The van der Waals surface area contributed by atoms with Crippen molar-refractivity contribution in [2.45, 2.75) is 106 Å². The van der Waals surface area contributed by atoms with Crippen molar-refractivity contribution < 1.29 is 4.79 Å². The normalized spacial score (nSPS) is 13.9. The number of nitrogens with zero attached hydrogens (tertiary/aromatic N) is 1. The number of amides is 1. The molecular weight excluding hydrogens is 511 g/mol. The van der Waals surface area contributed by atoms with Crippen molar-refractivity contribution in [2.24, 2.45) is 0 Å². The highest BCUT2D eigenvalue weighted by molar-refractivity contribution is 6.81. The van der Waals surface area contributed by atoms with Gasteiger partial charge in [0, 0.05) is 18.7 Å². The van der Waals surface area contributed by atoms with Crippen molar-refractivity contribution in [3.05, 3.63) is 86.0 Å². The summed E-state index contributed by atoms with van der Waals surface area (Å²) < 4.78 is 0. The van der Waals surface area contributed by atoms with Gasteiger partial charge in [-0.15, -0.1) is 26.3 Å². The Balaban J connectivity index is 1.96. The minimum atomic E-state index is -1.36. The summed E-state index contributed by atoms with van der Waals surface area (Å²) in [6, 6.07) is 20.0. The summed E-state index contributed by atoms with van der Waals surface area (Å²) in [4.78, 5) is 14.8. The molecule has 0 unspecified atom stereocenters. The molecule has 0 bridgehead atoms. The molecule has 0 saturated carbocycles. The predicted molar refractivity (Wildman–Crippen MR) is 179 cm³/mol. The molecule has 0 saturated heterocycles. The van der Waals surface area contributed by atoms with Gasteiger partial charge < -0.3 is 4.90 Å². The van der Waals surface area contributed by atoms with Crippen LogP contribution in [0.4, 0.5) is 0 Å². The van der Waals surface area contributed by atoms with Gasteiger partial charge in [-0.2, -0.15) is 0 Å². The lowest BCUT2D eigenvalue weighted by atomic mass is 10.1. The Morgan fingerprint density at radius 1 is 0.684 bits per heavy atom. The first-order valence-corrected chi connectivity index (χ1v) is 24.3. The van der Waals surface area contributed by atoms with Crippen LogP contribution in [0.5, 0.6) is 0 Å². The molecule has 2 rings (SSSR count). The van der Waals surface area contributed by atoms with Crippen LogP contribution in [-0.4, -0.2) is 41.6 Å². The van der Waals surface area contributed by atoms with Crippen LogP contribution in [0.3, 0.4) is 0 Å². The molecule has 1 aliphatic heterocycles. The van der Waals surface area contributed by atoms with Gasteiger partial charge in [-0.05, 0) is 42.2 Å². The number of hydrogen-bond acceptors (Lipinski definition) is 1. The maximum Gasteiger partial charge on any atom is 0.254 e. The van der Waals surface area contributed by atoms with Gasteiger partial charge in [0.25, 0.3) is 5.91 Å². The Morgan fingerprint density at radius 3 is 1.61 bits per heavy atom. The van der Waals surface area contributed by atoms with Gasteiger partial charge in [-0.1, -0.05) is 112 Å². The highest BCUT2D eigenvalue weighted by Crippen LogP contribution is 2.34. The highest BCUT2D eigenvalue weighted by Gasteiger charge is 2.32. The monoisotopic (exact) mass is 565 g/mol. The molecule has 210 valence electrons. The van der Waals surface area contributed by atoms with Crippen molar-refractivity contribution in [3.8, 4) is 0 Å². The van der Waals surface area contributed by atoms with Crippen molar-refractivity contribution >= 4 is 30.1 Å². The number of fused-ring (bicyclic) bond motifs is 1. The average Bonchev–Trinajstić information content (AvgIpc) is 3.18. The van der Waals surface area contributed by atoms with E-state index in [0.29, 0.717) is 0 Å². The molecule has 2 nitrogen and oxygen atoms in total. The summed E-state index contributed by atoms with van der Waals surface area (Å²) in [7, 11) is -3.96. The van der Waals surface area contributed by atoms with Crippen LogP contribution in [0, 0.1) is 0 Å². The van der Waals surface area contributed by atoms with Crippen LogP contribution in [-0.2, 0) is 6.54 Å². The van der Waals surface area contributed by atoms with Crippen molar-refractivity contribution in [3.63, 3.8) is 0 Å². The summed E-state index contributed by atoms with van der Waals surface area (Å²) in [6.45, 7) is 25.7. The van der Waals surface area contributed by atoms with Crippen molar-refractivity contribution in [1.82, 2.24) is 4.90 Å². The summed E-state index contributed by atoms with van der Waals surface area (Å²) in [6.07, 6.45) is 13.7. The minimum Gasteiger partial charge on any atom is -0.334 e. The molecule has 5 heteroatoms. The topological polar surface area (TPSA) is 20.3 Å². The lowest BCUT2D eigenvalue weighted by Gasteiger charge is -2.32. The summed E-state index contributed by atoms with van der Waals surface area (Å²) in [5.41, 5.74) is 2.10. The molecule has 38 heavy (non-hydrogen) atoms. The first kappa shape index (κ1) is 32.5. The van der Waals surface area contributed by atoms with Crippen LogP contribution >= 0.6 is 0 Å². The van der Waals surface area contributed by atoms with E-state index in [1.54, 1.807) is 0 Å². The predicted octanol–water partition coefficient (Wildman–Crippen LogP) is 10.2. The minimum absolute atomic E-state index is 0.225. The van der Waals surface area contributed by atoms with E-state index in [4.69, 9.17) is 0 Å². The Hall–Kier alpha value is -1.70. The molecule has 1 aliphatic rings. The Labute approximate surface area is 238 Å². The second-order valence-corrected chi connectivity index (χ2v) is 27.9. The van der Waals surface area contributed by atoms with E-state index in [2.05, 4.69) is 81.2 Å². The van der Waals surface area contributed by atoms with Crippen molar-refractivity contribution in [2.75, 3.05) is 6.54 Å². The number of unbranched alkanes of at least 4 members (excludes halogenated alkanes) is 1. The van der Waals surface area contributed by atoms with E-state index in [1.165, 1.54) is 79.2 Å². The number of hydrogen-bond donors (Lipinski definition) is 0. The average molecular weight is 566 g/mol. The maximum atomic E-state index is 12.8. The standard InChI is InChI=1S/C33H55NOSi3/c1-8-21-36(5,22-9-2)26-16-28-38(7,29-17-27-37(6,23-10-3)24-11-4)25-15-14-20-34-30-31-18-12-13-19-32(31)33(34)35/h8-13,18-19H,1-4,14-17,20-30H2,5-7H3. The Bertz CT molecular complexity index is 884. The van der Waals surface area contributed by atoms with Gasteiger partial charge in [0.15, 0.2) is 0 Å². The van der Waals surface area contributed by atoms with E-state index in [9.17, 15) is 4.79 Å². The largest absolute Gasteiger partial charge is 0.334 e. The number of carbonyl (C=O) groups excluding carboxylic acids is 1. The van der Waals surface area contributed by atoms with Gasteiger partial charge >= 0.3 is 0 Å². The van der Waals surface area contributed by atoms with E-state index in [0.717, 1.165) is 25.1 Å². The summed E-state index contributed by atoms with van der Waals surface area (Å²) >= 11 is 0. The van der Waals surface area contributed by atoms with Gasteiger partial charge in [0.05, 0.1) is 24.2 Å². The summed E-state index contributed by atoms with van der Waals surface area (Å²) in [5, 5.41) is 0. The van der Waals surface area contributed by atoms with E-state index >= 15 is 0 Å². The maximum absolute atomic E-state index is 12.8. The molecule has 1 heterocycles. The second kappa shape index (κ2) is 15.8. The number of rotatable bonds is 21. The van der Waals surface area contributed by atoms with E-state index < -0.39 is 24.2 Å². The fourth-order valence-corrected chi connectivity index (χ4v) is 17.2. The molecule has 1 aromatic rings. The molecule has 0 fully saturated rings. The summed E-state index contributed by atoms with van der Waals surface area (Å²) in [5.74, 6) is 0.225. The lowest BCUT2D eigenvalue weighted by molar-refractivity contribution is 0.0776. The zero-order chi connectivity index (χ0) is 28.1. The molecule has 0 aliphatic carbocycles. The Morgan fingerprint density at radius 2 is 1.13 bits per heavy atom. The first-order valence-electron chi connectivity index (χ1n) is 14.9. The SMILES string of the molecule is C=CC[Si](C)(CC=C)CCC[Si](C)(CCCCN1Cc2ccccc2C1=O)CCC[Si](C)(CC=C)CC=C. The van der Waals surface area contributed by atoms with Crippen LogP contribution in [0.25, 0.3) is 0 Å². The smallest absolute Gasteiger partial charge is 0.254 e. The molecule has 0 radical (unpaired) electrons. The van der Waals surface area contributed by atoms with Crippen LogP contribution in [0.1, 0.15) is 41.6 Å². The molecule has 0 spiro atoms. The van der Waals surface area contributed by atoms with Crippen molar-refractivity contribution in [1.29, 1.82) is 0 Å². The molecular formula is C33H55NOSi3. The first-order chi connectivity index (χ1) is 18.1. The van der Waals surface area contributed by atoms with E-state index in [-0.39, 0.29) is 5.91 Å². The lowest BCUT2D eigenvalue weighted by Crippen LogP contribution is -2.34. The third-order valence-electron chi connectivity index (χ3n) is 9.02. The zero-order valence-corrected chi connectivity index (χ0v) is 27.9. The quantitative estimate of drug-likeness (QED) is 0.0824. The number of allylic oxidation sites excluding steroid dienone is 4. The number of benzene rings is 1. The molecule has 0 aromatic heterocycles. The molecule has 0 atom stereocenters. The van der Waals surface area contributed by atoms with E-state index in [1.807, 2.05) is 18.2 Å². The van der Waals surface area contributed by atoms with Crippen LogP contribution in [0.2, 0.25) is 74.0 Å². The zero-order valence-electron chi connectivity index (χ0n) is 24.9. The highest BCUT2D eigenvalue weighted by atomic mass is 28.3. The molecule has 1 aromatic carbocycles. The van der Waals surface area contributed by atoms with Crippen LogP contribution in [0.15, 0.2) is 74.9 Å². The fourth-order valence-electron chi connectivity index (χ4n) is 6.58. The van der Waals surface area contributed by atoms with Gasteiger partial charge in [0.1, 0.15) is 0 Å². The van der Waals surface area contributed by atoms with Gasteiger partial charge in [0.2, 0.25) is 0 Å². The van der Waals surface area contributed by atoms with Crippen LogP contribution < -0.4 is 0 Å². The Kier molecular flexibility index (Phi) is 13.5. The second-order valence-electron chi connectivity index (χ2n) is 13.0.